The maximum atomic E-state index is 9.80. The van der Waals surface area contributed by atoms with E-state index in [1.165, 1.54) is 0 Å². The zero-order valence-corrected chi connectivity index (χ0v) is 8.73. The molecule has 13 heavy (non-hydrogen) atoms. The van der Waals surface area contributed by atoms with Gasteiger partial charge < -0.3 is 10.8 Å². The van der Waals surface area contributed by atoms with Crippen LogP contribution in [0.15, 0.2) is 18.2 Å². The molecule has 1 rings (SSSR count). The first-order chi connectivity index (χ1) is 5.95. The number of rotatable bonds is 2. The lowest BCUT2D eigenvalue weighted by molar-refractivity contribution is 0.0668. The Labute approximate surface area is 87.3 Å². The lowest BCUT2D eigenvalue weighted by Crippen LogP contribution is -2.31. The lowest BCUT2D eigenvalue weighted by Gasteiger charge is -2.21. The van der Waals surface area contributed by atoms with Crippen molar-refractivity contribution in [3.63, 3.8) is 0 Å². The molecule has 2 nitrogen and oxygen atoms in total. The summed E-state index contributed by atoms with van der Waals surface area (Å²) in [6, 6.07) is 4.92. The van der Waals surface area contributed by atoms with Crippen LogP contribution in [0.4, 0.5) is 0 Å². The second-order valence-electron chi connectivity index (χ2n) is 3.14. The predicted octanol–water partition coefficient (Wildman–Crippen LogP) is 2.16. The third-order valence-electron chi connectivity index (χ3n) is 1.88. The van der Waals surface area contributed by atoms with E-state index in [1.807, 2.05) is 0 Å². The molecule has 0 aliphatic carbocycles. The molecule has 4 heteroatoms. The van der Waals surface area contributed by atoms with Gasteiger partial charge in [-0.1, -0.05) is 23.2 Å². The highest BCUT2D eigenvalue weighted by Gasteiger charge is 2.21. The van der Waals surface area contributed by atoms with Gasteiger partial charge in [-0.2, -0.15) is 0 Å². The zero-order chi connectivity index (χ0) is 10.1. The molecule has 1 aromatic carbocycles. The molecule has 0 radical (unpaired) electrons. The Morgan fingerprint density at radius 3 is 2.15 bits per heavy atom. The SMILES string of the molecule is CC(O)(CN)c1cc(Cl)cc(Cl)c1. The fourth-order valence-corrected chi connectivity index (χ4v) is 1.51. The van der Waals surface area contributed by atoms with Crippen molar-refractivity contribution in [1.82, 2.24) is 0 Å². The highest BCUT2D eigenvalue weighted by atomic mass is 35.5. The minimum absolute atomic E-state index is 0.129. The first-order valence-electron chi connectivity index (χ1n) is 3.85. The molecule has 0 aliphatic heterocycles. The van der Waals surface area contributed by atoms with Gasteiger partial charge in [-0.3, -0.25) is 0 Å². The maximum Gasteiger partial charge on any atom is 0.0991 e. The van der Waals surface area contributed by atoms with Gasteiger partial charge in [0.2, 0.25) is 0 Å². The van der Waals surface area contributed by atoms with E-state index in [0.717, 1.165) is 0 Å². The van der Waals surface area contributed by atoms with Crippen molar-refractivity contribution in [2.75, 3.05) is 6.54 Å². The normalized spacial score (nSPS) is 15.5. The second kappa shape index (κ2) is 3.84. The predicted molar refractivity (Wildman–Crippen MR) is 55.1 cm³/mol. The van der Waals surface area contributed by atoms with Crippen LogP contribution in [0, 0.1) is 0 Å². The van der Waals surface area contributed by atoms with Crippen molar-refractivity contribution < 1.29 is 5.11 Å². The molecule has 0 bridgehead atoms. The van der Waals surface area contributed by atoms with E-state index in [1.54, 1.807) is 25.1 Å². The van der Waals surface area contributed by atoms with E-state index in [9.17, 15) is 5.11 Å². The summed E-state index contributed by atoms with van der Waals surface area (Å²) in [6.07, 6.45) is 0. The number of hydrogen-bond acceptors (Lipinski definition) is 2. The van der Waals surface area contributed by atoms with E-state index in [0.29, 0.717) is 15.6 Å². The topological polar surface area (TPSA) is 46.2 Å². The molecule has 0 amide bonds. The van der Waals surface area contributed by atoms with Crippen LogP contribution in [-0.4, -0.2) is 11.7 Å². The van der Waals surface area contributed by atoms with E-state index in [4.69, 9.17) is 28.9 Å². The summed E-state index contributed by atoms with van der Waals surface area (Å²) < 4.78 is 0. The molecule has 0 spiro atoms. The van der Waals surface area contributed by atoms with Crippen LogP contribution in [0.5, 0.6) is 0 Å². The van der Waals surface area contributed by atoms with Crippen LogP contribution in [0.3, 0.4) is 0 Å². The molecule has 0 aromatic heterocycles. The summed E-state index contributed by atoms with van der Waals surface area (Å²) in [5, 5.41) is 10.8. The Bertz CT molecular complexity index is 292. The van der Waals surface area contributed by atoms with Crippen molar-refractivity contribution in [3.8, 4) is 0 Å². The Hall–Kier alpha value is -0.280. The first-order valence-corrected chi connectivity index (χ1v) is 4.60. The van der Waals surface area contributed by atoms with Gasteiger partial charge >= 0.3 is 0 Å². The largest absolute Gasteiger partial charge is 0.384 e. The number of halogens is 2. The van der Waals surface area contributed by atoms with Gasteiger partial charge in [0.05, 0.1) is 5.60 Å². The van der Waals surface area contributed by atoms with E-state index in [-0.39, 0.29) is 6.54 Å². The Morgan fingerprint density at radius 1 is 1.31 bits per heavy atom. The maximum absolute atomic E-state index is 9.80. The summed E-state index contributed by atoms with van der Waals surface area (Å²) in [6.45, 7) is 1.75. The number of hydrogen-bond donors (Lipinski definition) is 2. The molecule has 1 unspecified atom stereocenters. The van der Waals surface area contributed by atoms with E-state index >= 15 is 0 Å². The summed E-state index contributed by atoms with van der Waals surface area (Å²) in [7, 11) is 0. The van der Waals surface area contributed by atoms with Crippen molar-refractivity contribution in [3.05, 3.63) is 33.8 Å². The molecule has 0 saturated carbocycles. The fraction of sp³-hybridized carbons (Fsp3) is 0.333. The van der Waals surface area contributed by atoms with Crippen molar-refractivity contribution in [1.29, 1.82) is 0 Å². The van der Waals surface area contributed by atoms with E-state index in [2.05, 4.69) is 0 Å². The molecule has 1 atom stereocenters. The number of nitrogens with two attached hydrogens (primary N) is 1. The molecule has 1 aromatic rings. The van der Waals surface area contributed by atoms with Crippen LogP contribution in [-0.2, 0) is 5.60 Å². The van der Waals surface area contributed by atoms with Crippen LogP contribution in [0.25, 0.3) is 0 Å². The van der Waals surface area contributed by atoms with Crippen LogP contribution >= 0.6 is 23.2 Å². The van der Waals surface area contributed by atoms with Gasteiger partial charge in [0.1, 0.15) is 0 Å². The molecule has 0 aliphatic rings. The van der Waals surface area contributed by atoms with Crippen molar-refractivity contribution in [2.45, 2.75) is 12.5 Å². The third kappa shape index (κ3) is 2.58. The molecule has 3 N–H and O–H groups in total. The van der Waals surface area contributed by atoms with Crippen LogP contribution in [0.2, 0.25) is 10.0 Å². The van der Waals surface area contributed by atoms with Gasteiger partial charge in [0.25, 0.3) is 0 Å². The molecule has 72 valence electrons. The summed E-state index contributed by atoms with van der Waals surface area (Å²) in [5.41, 5.74) is 4.96. The number of benzene rings is 1. The fourth-order valence-electron chi connectivity index (χ4n) is 0.983. The van der Waals surface area contributed by atoms with Gasteiger partial charge in [0.15, 0.2) is 0 Å². The molecule has 0 fully saturated rings. The lowest BCUT2D eigenvalue weighted by atomic mass is 9.96. The average Bonchev–Trinajstić information content (AvgIpc) is 2.02. The average molecular weight is 220 g/mol. The summed E-state index contributed by atoms with van der Waals surface area (Å²) >= 11 is 11.6. The molecule has 0 saturated heterocycles. The second-order valence-corrected chi connectivity index (χ2v) is 4.01. The standard InChI is InChI=1S/C9H11Cl2NO/c1-9(13,5-12)6-2-7(10)4-8(11)3-6/h2-4,13H,5,12H2,1H3. The Kier molecular flexibility index (Phi) is 3.19. The van der Waals surface area contributed by atoms with Gasteiger partial charge in [-0.15, -0.1) is 0 Å². The van der Waals surface area contributed by atoms with Gasteiger partial charge in [-0.25, -0.2) is 0 Å². The highest BCUT2D eigenvalue weighted by Crippen LogP contribution is 2.26. The minimum Gasteiger partial charge on any atom is -0.384 e. The first kappa shape index (κ1) is 10.8. The van der Waals surface area contributed by atoms with Crippen molar-refractivity contribution >= 4 is 23.2 Å². The minimum atomic E-state index is -1.07. The van der Waals surface area contributed by atoms with Crippen LogP contribution in [0.1, 0.15) is 12.5 Å². The quantitative estimate of drug-likeness (QED) is 0.802. The highest BCUT2D eigenvalue weighted by molar-refractivity contribution is 6.34. The van der Waals surface area contributed by atoms with Crippen LogP contribution < -0.4 is 5.73 Å². The van der Waals surface area contributed by atoms with E-state index < -0.39 is 5.60 Å². The Balaban J connectivity index is 3.15. The zero-order valence-electron chi connectivity index (χ0n) is 7.22. The molecule has 0 heterocycles. The number of aliphatic hydroxyl groups is 1. The molecular weight excluding hydrogens is 209 g/mol. The Morgan fingerprint density at radius 2 is 1.77 bits per heavy atom. The van der Waals surface area contributed by atoms with Gasteiger partial charge in [0, 0.05) is 16.6 Å². The van der Waals surface area contributed by atoms with Crippen molar-refractivity contribution in [2.24, 2.45) is 5.73 Å². The molecular formula is C9H11Cl2NO. The monoisotopic (exact) mass is 219 g/mol. The van der Waals surface area contributed by atoms with Gasteiger partial charge in [-0.05, 0) is 30.7 Å². The summed E-state index contributed by atoms with van der Waals surface area (Å²) in [4.78, 5) is 0. The smallest absolute Gasteiger partial charge is 0.0991 e. The third-order valence-corrected chi connectivity index (χ3v) is 2.32. The summed E-state index contributed by atoms with van der Waals surface area (Å²) in [5.74, 6) is 0.